The van der Waals surface area contributed by atoms with Crippen LogP contribution in [0.1, 0.15) is 51.5 Å². The fourth-order valence-corrected chi connectivity index (χ4v) is 3.31. The van der Waals surface area contributed by atoms with Crippen molar-refractivity contribution in [3.63, 3.8) is 0 Å². The first-order valence-corrected chi connectivity index (χ1v) is 8.34. The van der Waals surface area contributed by atoms with Gasteiger partial charge in [0.2, 0.25) is 0 Å². The van der Waals surface area contributed by atoms with Gasteiger partial charge in [-0.15, -0.1) is 0 Å². The van der Waals surface area contributed by atoms with Crippen molar-refractivity contribution in [1.29, 1.82) is 0 Å². The van der Waals surface area contributed by atoms with Crippen molar-refractivity contribution in [1.82, 2.24) is 10.2 Å². The summed E-state index contributed by atoms with van der Waals surface area (Å²) in [6.45, 7) is 7.99. The molecule has 1 N–H and O–H groups in total. The average Bonchev–Trinajstić information content (AvgIpc) is 2.52. The van der Waals surface area contributed by atoms with Gasteiger partial charge in [0.1, 0.15) is 0 Å². The van der Waals surface area contributed by atoms with Gasteiger partial charge in [0.05, 0.1) is 0 Å². The molecule has 0 saturated heterocycles. The minimum Gasteiger partial charge on any atom is -0.314 e. The van der Waals surface area contributed by atoms with Gasteiger partial charge >= 0.3 is 0 Å². The maximum Gasteiger partial charge on any atom is 0.0236 e. The van der Waals surface area contributed by atoms with Crippen LogP contribution in [0.2, 0.25) is 0 Å². The maximum atomic E-state index is 3.68. The minimum atomic E-state index is 0.765. The van der Waals surface area contributed by atoms with E-state index in [1.807, 2.05) is 0 Å². The van der Waals surface area contributed by atoms with Crippen molar-refractivity contribution in [3.8, 4) is 0 Å². The van der Waals surface area contributed by atoms with Crippen LogP contribution in [0.5, 0.6) is 0 Å². The fraction of sp³-hybridized carbons (Fsp3) is 0.667. The fourth-order valence-electron chi connectivity index (χ4n) is 3.31. The highest BCUT2D eigenvalue weighted by atomic mass is 15.1. The van der Waals surface area contributed by atoms with Gasteiger partial charge in [-0.25, -0.2) is 0 Å². The molecule has 1 saturated carbocycles. The van der Waals surface area contributed by atoms with Crippen LogP contribution in [-0.4, -0.2) is 30.1 Å². The van der Waals surface area contributed by atoms with Crippen LogP contribution in [-0.2, 0) is 6.54 Å². The molecule has 20 heavy (non-hydrogen) atoms. The lowest BCUT2D eigenvalue weighted by Gasteiger charge is -2.36. The number of hydrogen-bond donors (Lipinski definition) is 1. The van der Waals surface area contributed by atoms with E-state index in [0.717, 1.165) is 25.2 Å². The molecule has 0 aromatic heterocycles. The second-order valence-electron chi connectivity index (χ2n) is 6.01. The predicted octanol–water partition coefficient (Wildman–Crippen LogP) is 3.82. The molecule has 1 aliphatic carbocycles. The molecule has 0 amide bonds. The molecule has 0 bridgehead atoms. The summed E-state index contributed by atoms with van der Waals surface area (Å²) in [4.78, 5) is 2.66. The van der Waals surface area contributed by atoms with Crippen molar-refractivity contribution < 1.29 is 0 Å². The van der Waals surface area contributed by atoms with Gasteiger partial charge in [-0.3, -0.25) is 4.90 Å². The van der Waals surface area contributed by atoms with Crippen LogP contribution in [0.4, 0.5) is 0 Å². The topological polar surface area (TPSA) is 15.3 Å². The quantitative estimate of drug-likeness (QED) is 0.813. The summed E-state index contributed by atoms with van der Waals surface area (Å²) in [5, 5.41) is 3.68. The standard InChI is InChI=1S/C18H30N2/c1-3-14-19-17-10-12-18(13-11-17)20(4-2)15-16-8-6-5-7-9-16/h5-9,17-19H,3-4,10-15H2,1-2H3. The first kappa shape index (κ1) is 15.5. The second-order valence-corrected chi connectivity index (χ2v) is 6.01. The van der Waals surface area contributed by atoms with E-state index >= 15 is 0 Å². The zero-order chi connectivity index (χ0) is 14.2. The number of nitrogens with one attached hydrogen (secondary N) is 1. The van der Waals surface area contributed by atoms with E-state index in [-0.39, 0.29) is 0 Å². The molecule has 1 aliphatic rings. The van der Waals surface area contributed by atoms with E-state index < -0.39 is 0 Å². The zero-order valence-electron chi connectivity index (χ0n) is 13.1. The molecule has 0 spiro atoms. The van der Waals surface area contributed by atoms with Gasteiger partial charge in [0.15, 0.2) is 0 Å². The Morgan fingerprint density at radius 1 is 1.05 bits per heavy atom. The Hall–Kier alpha value is -0.860. The molecule has 2 rings (SSSR count). The number of benzene rings is 1. The first-order valence-electron chi connectivity index (χ1n) is 8.34. The monoisotopic (exact) mass is 274 g/mol. The average molecular weight is 274 g/mol. The normalized spacial score (nSPS) is 23.1. The molecule has 0 radical (unpaired) electrons. The van der Waals surface area contributed by atoms with Crippen LogP contribution < -0.4 is 5.32 Å². The van der Waals surface area contributed by atoms with Crippen molar-refractivity contribution in [2.24, 2.45) is 0 Å². The molecular weight excluding hydrogens is 244 g/mol. The summed E-state index contributed by atoms with van der Waals surface area (Å²) in [7, 11) is 0. The van der Waals surface area contributed by atoms with Crippen LogP contribution >= 0.6 is 0 Å². The Kier molecular flexibility index (Phi) is 6.55. The van der Waals surface area contributed by atoms with Crippen LogP contribution in [0, 0.1) is 0 Å². The van der Waals surface area contributed by atoms with Crippen molar-refractivity contribution in [3.05, 3.63) is 35.9 Å². The number of rotatable bonds is 7. The van der Waals surface area contributed by atoms with Gasteiger partial charge in [0.25, 0.3) is 0 Å². The summed E-state index contributed by atoms with van der Waals surface area (Å²) in [5.74, 6) is 0. The van der Waals surface area contributed by atoms with Gasteiger partial charge in [0, 0.05) is 18.6 Å². The molecule has 0 aliphatic heterocycles. The summed E-state index contributed by atoms with van der Waals surface area (Å²) >= 11 is 0. The highest BCUT2D eigenvalue weighted by Crippen LogP contribution is 2.24. The van der Waals surface area contributed by atoms with E-state index in [9.17, 15) is 0 Å². The first-order chi connectivity index (χ1) is 9.83. The van der Waals surface area contributed by atoms with Crippen LogP contribution in [0.15, 0.2) is 30.3 Å². The highest BCUT2D eigenvalue weighted by Gasteiger charge is 2.24. The Labute approximate surface area is 124 Å². The Morgan fingerprint density at radius 3 is 2.35 bits per heavy atom. The van der Waals surface area contributed by atoms with E-state index in [1.165, 1.54) is 44.2 Å². The van der Waals surface area contributed by atoms with Gasteiger partial charge in [-0.05, 0) is 50.8 Å². The molecule has 0 unspecified atom stereocenters. The third-order valence-electron chi connectivity index (χ3n) is 4.53. The Morgan fingerprint density at radius 2 is 1.75 bits per heavy atom. The molecule has 0 atom stereocenters. The molecule has 1 aromatic carbocycles. The Bertz CT molecular complexity index is 355. The molecule has 112 valence electrons. The van der Waals surface area contributed by atoms with Gasteiger partial charge in [-0.1, -0.05) is 44.2 Å². The lowest BCUT2D eigenvalue weighted by Crippen LogP contribution is -2.42. The summed E-state index contributed by atoms with van der Waals surface area (Å²) in [6, 6.07) is 12.4. The van der Waals surface area contributed by atoms with E-state index in [4.69, 9.17) is 0 Å². The Balaban J connectivity index is 1.81. The molecule has 2 nitrogen and oxygen atoms in total. The molecule has 1 fully saturated rings. The van der Waals surface area contributed by atoms with Crippen molar-refractivity contribution in [2.75, 3.05) is 13.1 Å². The smallest absolute Gasteiger partial charge is 0.0236 e. The van der Waals surface area contributed by atoms with Crippen molar-refractivity contribution in [2.45, 2.75) is 64.6 Å². The maximum absolute atomic E-state index is 3.68. The molecular formula is C18H30N2. The predicted molar refractivity (Wildman–Crippen MR) is 86.9 cm³/mol. The third kappa shape index (κ3) is 4.60. The summed E-state index contributed by atoms with van der Waals surface area (Å²) in [5.41, 5.74) is 1.44. The van der Waals surface area contributed by atoms with Gasteiger partial charge < -0.3 is 5.32 Å². The third-order valence-corrected chi connectivity index (χ3v) is 4.53. The molecule has 1 aromatic rings. The van der Waals surface area contributed by atoms with Gasteiger partial charge in [-0.2, -0.15) is 0 Å². The zero-order valence-corrected chi connectivity index (χ0v) is 13.1. The highest BCUT2D eigenvalue weighted by molar-refractivity contribution is 5.14. The minimum absolute atomic E-state index is 0.765. The lowest BCUT2D eigenvalue weighted by molar-refractivity contribution is 0.143. The number of nitrogens with zero attached hydrogens (tertiary/aromatic N) is 1. The van der Waals surface area contributed by atoms with E-state index in [1.54, 1.807) is 0 Å². The van der Waals surface area contributed by atoms with Crippen LogP contribution in [0.3, 0.4) is 0 Å². The lowest BCUT2D eigenvalue weighted by atomic mass is 9.90. The molecule has 2 heteroatoms. The number of hydrogen-bond acceptors (Lipinski definition) is 2. The largest absolute Gasteiger partial charge is 0.314 e. The van der Waals surface area contributed by atoms with E-state index in [0.29, 0.717) is 0 Å². The van der Waals surface area contributed by atoms with Crippen molar-refractivity contribution >= 4 is 0 Å². The van der Waals surface area contributed by atoms with E-state index in [2.05, 4.69) is 54.4 Å². The molecule has 0 heterocycles. The second kappa shape index (κ2) is 8.43. The van der Waals surface area contributed by atoms with Crippen LogP contribution in [0.25, 0.3) is 0 Å². The summed E-state index contributed by atoms with van der Waals surface area (Å²) in [6.07, 6.45) is 6.63. The summed E-state index contributed by atoms with van der Waals surface area (Å²) < 4.78 is 0. The SMILES string of the molecule is CCCNC1CCC(N(CC)Cc2ccccc2)CC1.